The highest BCUT2D eigenvalue weighted by atomic mass is 31.2. The number of methoxy groups -OCH3 is 2. The zero-order valence-electron chi connectivity index (χ0n) is 9.89. The Labute approximate surface area is 94.7 Å². The summed E-state index contributed by atoms with van der Waals surface area (Å²) < 4.78 is 26.0. The number of carbonyl (C=O) groups is 2. The fourth-order valence-electron chi connectivity index (χ4n) is 1.16. The van der Waals surface area contributed by atoms with Crippen LogP contribution in [0.15, 0.2) is 0 Å². The van der Waals surface area contributed by atoms with Gasteiger partial charge >= 0.3 is 11.9 Å². The molecule has 0 aromatic heterocycles. The van der Waals surface area contributed by atoms with Crippen LogP contribution in [0.2, 0.25) is 0 Å². The van der Waals surface area contributed by atoms with Gasteiger partial charge in [-0.05, 0) is 6.92 Å². The van der Waals surface area contributed by atoms with Crippen molar-refractivity contribution in [2.45, 2.75) is 19.0 Å². The predicted octanol–water partition coefficient (Wildman–Crippen LogP) is 1.04. The molecule has 0 aliphatic rings. The van der Waals surface area contributed by atoms with Gasteiger partial charge in [-0.3, -0.25) is 14.2 Å². The van der Waals surface area contributed by atoms with E-state index in [-0.39, 0.29) is 13.0 Å². The molecule has 0 saturated carbocycles. The fourth-order valence-corrected chi connectivity index (χ4v) is 2.83. The van der Waals surface area contributed by atoms with Gasteiger partial charge in [-0.2, -0.15) is 0 Å². The summed E-state index contributed by atoms with van der Waals surface area (Å²) in [5.74, 6) is -1.36. The van der Waals surface area contributed by atoms with Gasteiger partial charge in [-0.15, -0.1) is 0 Å². The molecule has 0 rings (SSSR count). The molecule has 0 amide bonds. The second kappa shape index (κ2) is 6.66. The predicted molar refractivity (Wildman–Crippen MR) is 57.6 cm³/mol. The number of esters is 2. The Kier molecular flexibility index (Phi) is 6.29. The van der Waals surface area contributed by atoms with Crippen LogP contribution < -0.4 is 0 Å². The first-order chi connectivity index (χ1) is 7.38. The molecule has 16 heavy (non-hydrogen) atoms. The minimum Gasteiger partial charge on any atom is -0.469 e. The van der Waals surface area contributed by atoms with E-state index < -0.39 is 25.0 Å². The lowest BCUT2D eigenvalue weighted by Crippen LogP contribution is -2.26. The van der Waals surface area contributed by atoms with E-state index in [1.54, 1.807) is 6.92 Å². The van der Waals surface area contributed by atoms with Crippen molar-refractivity contribution in [1.82, 2.24) is 0 Å². The average Bonchev–Trinajstić information content (AvgIpc) is 2.24. The van der Waals surface area contributed by atoms with Crippen LogP contribution in [0.4, 0.5) is 0 Å². The summed E-state index contributed by atoms with van der Waals surface area (Å²) in [6.07, 6.45) is -0.309. The maximum atomic E-state index is 12.0. The van der Waals surface area contributed by atoms with Crippen LogP contribution in [-0.2, 0) is 28.2 Å². The molecule has 2 atom stereocenters. The summed E-state index contributed by atoms with van der Waals surface area (Å²) in [5.41, 5.74) is -1.11. The molecule has 0 aliphatic heterocycles. The molecule has 0 heterocycles. The highest BCUT2D eigenvalue weighted by Crippen LogP contribution is 2.49. The molecule has 6 nitrogen and oxygen atoms in total. The van der Waals surface area contributed by atoms with Crippen LogP contribution >= 0.6 is 7.37 Å². The van der Waals surface area contributed by atoms with Crippen LogP contribution in [-0.4, -0.2) is 45.1 Å². The first-order valence-corrected chi connectivity index (χ1v) is 6.89. The standard InChI is InChI=1S/C9H17O6P/c1-5-15-16(4,12)7(9(11)14-3)6-8(10)13-2/h7H,5-6H2,1-4H3/t7-,16+/m0/s1. The van der Waals surface area contributed by atoms with Gasteiger partial charge in [0.1, 0.15) is 5.66 Å². The van der Waals surface area contributed by atoms with Gasteiger partial charge in [0.15, 0.2) is 0 Å². The molecule has 0 N–H and O–H groups in total. The van der Waals surface area contributed by atoms with Gasteiger partial charge in [0.05, 0.1) is 27.2 Å². The lowest BCUT2D eigenvalue weighted by atomic mass is 10.3. The molecule has 0 spiro atoms. The molecule has 0 saturated heterocycles. The SMILES string of the molecule is CCO[P@@](C)(=O)[C@@H](CC(=O)OC)C(=O)OC. The van der Waals surface area contributed by atoms with Gasteiger partial charge in [0.2, 0.25) is 7.37 Å². The molecule has 0 fully saturated rings. The van der Waals surface area contributed by atoms with Gasteiger partial charge in [-0.1, -0.05) is 0 Å². The van der Waals surface area contributed by atoms with E-state index in [0.717, 1.165) is 0 Å². The second-order valence-corrected chi connectivity index (χ2v) is 5.84. The number of carbonyl (C=O) groups excluding carboxylic acids is 2. The van der Waals surface area contributed by atoms with Crippen molar-refractivity contribution >= 4 is 19.3 Å². The Morgan fingerprint density at radius 2 is 1.81 bits per heavy atom. The maximum Gasteiger partial charge on any atom is 0.319 e. The number of hydrogen-bond donors (Lipinski definition) is 0. The summed E-state index contributed by atoms with van der Waals surface area (Å²) in [6, 6.07) is 0. The lowest BCUT2D eigenvalue weighted by molar-refractivity contribution is -0.147. The van der Waals surface area contributed by atoms with E-state index in [4.69, 9.17) is 4.52 Å². The van der Waals surface area contributed by atoms with E-state index in [1.807, 2.05) is 0 Å². The molecule has 94 valence electrons. The van der Waals surface area contributed by atoms with Crippen molar-refractivity contribution in [3.63, 3.8) is 0 Å². The Morgan fingerprint density at radius 1 is 1.25 bits per heavy atom. The van der Waals surface area contributed by atoms with Crippen molar-refractivity contribution < 1.29 is 28.2 Å². The Hall–Kier alpha value is -0.870. The molecule has 0 aromatic rings. The zero-order chi connectivity index (χ0) is 12.8. The summed E-state index contributed by atoms with van der Waals surface area (Å²) in [4.78, 5) is 22.5. The van der Waals surface area contributed by atoms with Gasteiger partial charge in [-0.25, -0.2) is 0 Å². The van der Waals surface area contributed by atoms with Gasteiger partial charge in [0, 0.05) is 6.66 Å². The molecular weight excluding hydrogens is 235 g/mol. The van der Waals surface area contributed by atoms with Crippen molar-refractivity contribution in [3.8, 4) is 0 Å². The molecule has 0 aliphatic carbocycles. The van der Waals surface area contributed by atoms with E-state index in [9.17, 15) is 14.2 Å². The van der Waals surface area contributed by atoms with Crippen LogP contribution in [0.3, 0.4) is 0 Å². The third-order valence-corrected chi connectivity index (χ3v) is 4.31. The molecule has 0 unspecified atom stereocenters. The van der Waals surface area contributed by atoms with Crippen LogP contribution in [0, 0.1) is 0 Å². The summed E-state index contributed by atoms with van der Waals surface area (Å²) >= 11 is 0. The Bertz CT molecular complexity index is 300. The molecule has 0 radical (unpaired) electrons. The number of rotatable bonds is 6. The minimum atomic E-state index is -3.22. The first-order valence-electron chi connectivity index (χ1n) is 4.75. The Morgan fingerprint density at radius 3 is 2.19 bits per heavy atom. The summed E-state index contributed by atoms with van der Waals surface area (Å²) in [6.45, 7) is 3.16. The van der Waals surface area contributed by atoms with E-state index in [0.29, 0.717) is 0 Å². The third kappa shape index (κ3) is 4.33. The fraction of sp³-hybridized carbons (Fsp3) is 0.778. The highest BCUT2D eigenvalue weighted by Gasteiger charge is 2.38. The van der Waals surface area contributed by atoms with Crippen molar-refractivity contribution in [2.24, 2.45) is 0 Å². The Balaban J connectivity index is 4.86. The van der Waals surface area contributed by atoms with Crippen LogP contribution in [0.25, 0.3) is 0 Å². The van der Waals surface area contributed by atoms with Crippen molar-refractivity contribution in [2.75, 3.05) is 27.5 Å². The maximum absolute atomic E-state index is 12.0. The molecule has 0 aromatic carbocycles. The summed E-state index contributed by atoms with van der Waals surface area (Å²) in [7, 11) is -0.860. The monoisotopic (exact) mass is 252 g/mol. The van der Waals surface area contributed by atoms with Gasteiger partial charge < -0.3 is 14.0 Å². The van der Waals surface area contributed by atoms with Crippen molar-refractivity contribution in [3.05, 3.63) is 0 Å². The number of hydrogen-bond acceptors (Lipinski definition) is 6. The third-order valence-electron chi connectivity index (χ3n) is 2.01. The molecular formula is C9H17O6P. The normalized spacial score (nSPS) is 16.0. The lowest BCUT2D eigenvalue weighted by Gasteiger charge is -2.20. The van der Waals surface area contributed by atoms with Crippen LogP contribution in [0.1, 0.15) is 13.3 Å². The van der Waals surface area contributed by atoms with Crippen LogP contribution in [0.5, 0.6) is 0 Å². The number of ether oxygens (including phenoxy) is 2. The topological polar surface area (TPSA) is 78.9 Å². The minimum absolute atomic E-state index is 0.197. The largest absolute Gasteiger partial charge is 0.469 e. The molecule has 0 bridgehead atoms. The first kappa shape index (κ1) is 15.1. The summed E-state index contributed by atoms with van der Waals surface area (Å²) in [5, 5.41) is 0. The van der Waals surface area contributed by atoms with E-state index in [2.05, 4.69) is 9.47 Å². The smallest absolute Gasteiger partial charge is 0.319 e. The van der Waals surface area contributed by atoms with Gasteiger partial charge in [0.25, 0.3) is 0 Å². The van der Waals surface area contributed by atoms with E-state index >= 15 is 0 Å². The van der Waals surface area contributed by atoms with E-state index in [1.165, 1.54) is 20.9 Å². The second-order valence-electron chi connectivity index (χ2n) is 3.15. The zero-order valence-corrected chi connectivity index (χ0v) is 10.8. The quantitative estimate of drug-likeness (QED) is 0.519. The molecule has 7 heteroatoms. The average molecular weight is 252 g/mol. The van der Waals surface area contributed by atoms with Crippen molar-refractivity contribution in [1.29, 1.82) is 0 Å². The highest BCUT2D eigenvalue weighted by molar-refractivity contribution is 7.60.